The SMILES string of the molecule is CCCN(CCC)c1ccc(NS(=O)(=O)c2ccccc2)nn1. The molecule has 0 radical (unpaired) electrons. The second-order valence-corrected chi connectivity index (χ2v) is 6.86. The van der Waals surface area contributed by atoms with E-state index in [1.165, 1.54) is 12.1 Å². The fourth-order valence-corrected chi connectivity index (χ4v) is 3.24. The topological polar surface area (TPSA) is 75.2 Å². The van der Waals surface area contributed by atoms with Gasteiger partial charge in [0.25, 0.3) is 10.0 Å². The predicted octanol–water partition coefficient (Wildman–Crippen LogP) is 2.90. The van der Waals surface area contributed by atoms with Crippen LogP contribution in [0.4, 0.5) is 11.6 Å². The van der Waals surface area contributed by atoms with Gasteiger partial charge < -0.3 is 4.90 Å². The molecule has 0 saturated heterocycles. The zero-order valence-corrected chi connectivity index (χ0v) is 14.3. The molecule has 0 saturated carbocycles. The standard InChI is InChI=1S/C16H22N4O2S/c1-3-12-20(13-4-2)16-11-10-15(17-18-16)19-23(21,22)14-8-6-5-7-9-14/h5-11H,3-4,12-13H2,1-2H3,(H,17,19). The first-order valence-electron chi connectivity index (χ1n) is 7.73. The number of sulfonamides is 1. The van der Waals surface area contributed by atoms with Crippen LogP contribution in [0.1, 0.15) is 26.7 Å². The monoisotopic (exact) mass is 334 g/mol. The largest absolute Gasteiger partial charge is 0.355 e. The minimum absolute atomic E-state index is 0.199. The third-order valence-corrected chi connectivity index (χ3v) is 4.62. The van der Waals surface area contributed by atoms with Crippen molar-refractivity contribution >= 4 is 21.7 Å². The van der Waals surface area contributed by atoms with Gasteiger partial charge in [0, 0.05) is 13.1 Å². The highest BCUT2D eigenvalue weighted by molar-refractivity contribution is 7.92. The molecule has 0 aliphatic heterocycles. The summed E-state index contributed by atoms with van der Waals surface area (Å²) in [5.41, 5.74) is 0. The number of rotatable bonds is 8. The second kappa shape index (κ2) is 7.92. The third-order valence-electron chi connectivity index (χ3n) is 3.25. The van der Waals surface area contributed by atoms with Gasteiger partial charge in [-0.1, -0.05) is 32.0 Å². The van der Waals surface area contributed by atoms with Crippen LogP contribution in [0.3, 0.4) is 0 Å². The highest BCUT2D eigenvalue weighted by atomic mass is 32.2. The summed E-state index contributed by atoms with van der Waals surface area (Å²) in [6.45, 7) is 6.02. The van der Waals surface area contributed by atoms with E-state index in [1.807, 2.05) is 0 Å². The van der Waals surface area contributed by atoms with Gasteiger partial charge in [0.05, 0.1) is 4.90 Å². The fourth-order valence-electron chi connectivity index (χ4n) is 2.23. The molecule has 124 valence electrons. The Morgan fingerprint density at radius 3 is 2.13 bits per heavy atom. The summed E-state index contributed by atoms with van der Waals surface area (Å²) < 4.78 is 26.9. The lowest BCUT2D eigenvalue weighted by molar-refractivity contribution is 0.601. The zero-order chi connectivity index (χ0) is 16.7. The first kappa shape index (κ1) is 17.2. The molecule has 0 aliphatic rings. The predicted molar refractivity (Wildman–Crippen MR) is 92.1 cm³/mol. The van der Waals surface area contributed by atoms with Crippen LogP contribution in [0.15, 0.2) is 47.4 Å². The molecular weight excluding hydrogens is 312 g/mol. The third kappa shape index (κ3) is 4.66. The van der Waals surface area contributed by atoms with Crippen LogP contribution in [0.5, 0.6) is 0 Å². The van der Waals surface area contributed by atoms with Crippen molar-refractivity contribution < 1.29 is 8.42 Å². The summed E-state index contributed by atoms with van der Waals surface area (Å²) in [6.07, 6.45) is 2.04. The molecule has 0 spiro atoms. The molecule has 6 nitrogen and oxygen atoms in total. The van der Waals surface area contributed by atoms with Gasteiger partial charge in [0.1, 0.15) is 0 Å². The maximum Gasteiger partial charge on any atom is 0.263 e. The maximum absolute atomic E-state index is 12.2. The van der Waals surface area contributed by atoms with Crippen molar-refractivity contribution in [1.29, 1.82) is 0 Å². The van der Waals surface area contributed by atoms with Gasteiger partial charge >= 0.3 is 0 Å². The first-order valence-corrected chi connectivity index (χ1v) is 9.21. The lowest BCUT2D eigenvalue weighted by Gasteiger charge is -2.21. The quantitative estimate of drug-likeness (QED) is 0.803. The number of nitrogens with zero attached hydrogens (tertiary/aromatic N) is 3. The van der Waals surface area contributed by atoms with Crippen LogP contribution < -0.4 is 9.62 Å². The van der Waals surface area contributed by atoms with Crippen molar-refractivity contribution in [2.24, 2.45) is 0 Å². The van der Waals surface area contributed by atoms with Crippen LogP contribution in [-0.2, 0) is 10.0 Å². The molecule has 0 fully saturated rings. The van der Waals surface area contributed by atoms with Crippen molar-refractivity contribution in [3.05, 3.63) is 42.5 Å². The zero-order valence-electron chi connectivity index (χ0n) is 13.4. The molecule has 0 bridgehead atoms. The van der Waals surface area contributed by atoms with Gasteiger partial charge in [-0.05, 0) is 37.1 Å². The molecule has 1 N–H and O–H groups in total. The normalized spacial score (nSPS) is 11.2. The number of nitrogens with one attached hydrogen (secondary N) is 1. The van der Waals surface area contributed by atoms with E-state index in [9.17, 15) is 8.42 Å². The van der Waals surface area contributed by atoms with E-state index in [0.29, 0.717) is 0 Å². The second-order valence-electron chi connectivity index (χ2n) is 5.18. The summed E-state index contributed by atoms with van der Waals surface area (Å²) in [4.78, 5) is 2.34. The van der Waals surface area contributed by atoms with Crippen molar-refractivity contribution in [3.63, 3.8) is 0 Å². The highest BCUT2D eigenvalue weighted by Gasteiger charge is 2.15. The Morgan fingerprint density at radius 1 is 0.957 bits per heavy atom. The lowest BCUT2D eigenvalue weighted by Crippen LogP contribution is -2.26. The fraction of sp³-hybridized carbons (Fsp3) is 0.375. The van der Waals surface area contributed by atoms with Crippen molar-refractivity contribution in [2.75, 3.05) is 22.7 Å². The van der Waals surface area contributed by atoms with Crippen LogP contribution in [-0.4, -0.2) is 31.7 Å². The van der Waals surface area contributed by atoms with E-state index in [1.54, 1.807) is 30.3 Å². The van der Waals surface area contributed by atoms with E-state index in [0.717, 1.165) is 31.7 Å². The molecule has 0 unspecified atom stereocenters. The molecule has 0 atom stereocenters. The first-order chi connectivity index (χ1) is 11.1. The van der Waals surface area contributed by atoms with Crippen LogP contribution in [0, 0.1) is 0 Å². The molecular formula is C16H22N4O2S. The van der Waals surface area contributed by atoms with Crippen molar-refractivity contribution in [1.82, 2.24) is 10.2 Å². The molecule has 7 heteroatoms. The Hall–Kier alpha value is -2.15. The Labute approximate surface area is 137 Å². The van der Waals surface area contributed by atoms with E-state index in [4.69, 9.17) is 0 Å². The number of hydrogen-bond acceptors (Lipinski definition) is 5. The summed E-state index contributed by atoms with van der Waals surface area (Å²) in [7, 11) is -3.63. The molecule has 2 rings (SSSR count). The average Bonchev–Trinajstić information content (AvgIpc) is 2.56. The summed E-state index contributed by atoms with van der Waals surface area (Å²) in [5, 5.41) is 8.14. The molecule has 1 aromatic carbocycles. The van der Waals surface area contributed by atoms with E-state index in [-0.39, 0.29) is 10.7 Å². The van der Waals surface area contributed by atoms with E-state index < -0.39 is 10.0 Å². The smallest absolute Gasteiger partial charge is 0.263 e. The van der Waals surface area contributed by atoms with Gasteiger partial charge in [0.2, 0.25) is 0 Å². The van der Waals surface area contributed by atoms with E-state index in [2.05, 4.69) is 33.7 Å². The summed E-state index contributed by atoms with van der Waals surface area (Å²) in [6, 6.07) is 11.6. The maximum atomic E-state index is 12.2. The molecule has 0 amide bonds. The number of aromatic nitrogens is 2. The molecule has 0 aliphatic carbocycles. The van der Waals surface area contributed by atoms with E-state index >= 15 is 0 Å². The van der Waals surface area contributed by atoms with Gasteiger partial charge in [-0.2, -0.15) is 0 Å². The van der Waals surface area contributed by atoms with Gasteiger partial charge in [-0.3, -0.25) is 4.72 Å². The molecule has 1 aromatic heterocycles. The van der Waals surface area contributed by atoms with Crippen molar-refractivity contribution in [3.8, 4) is 0 Å². The highest BCUT2D eigenvalue weighted by Crippen LogP contribution is 2.16. The minimum atomic E-state index is -3.63. The Balaban J connectivity index is 2.13. The Bertz CT molecular complexity index is 697. The van der Waals surface area contributed by atoms with Crippen LogP contribution in [0.25, 0.3) is 0 Å². The summed E-state index contributed by atoms with van der Waals surface area (Å²) >= 11 is 0. The van der Waals surface area contributed by atoms with Crippen LogP contribution >= 0.6 is 0 Å². The van der Waals surface area contributed by atoms with Gasteiger partial charge in [0.15, 0.2) is 11.6 Å². The molecule has 2 aromatic rings. The van der Waals surface area contributed by atoms with Gasteiger partial charge in [-0.25, -0.2) is 8.42 Å². The van der Waals surface area contributed by atoms with Gasteiger partial charge in [-0.15, -0.1) is 10.2 Å². The lowest BCUT2D eigenvalue weighted by atomic mass is 10.3. The number of benzene rings is 1. The van der Waals surface area contributed by atoms with Crippen LogP contribution in [0.2, 0.25) is 0 Å². The Kier molecular flexibility index (Phi) is 5.92. The molecule has 1 heterocycles. The Morgan fingerprint density at radius 2 is 1.61 bits per heavy atom. The average molecular weight is 334 g/mol. The number of anilines is 2. The minimum Gasteiger partial charge on any atom is -0.355 e. The van der Waals surface area contributed by atoms with Crippen molar-refractivity contribution in [2.45, 2.75) is 31.6 Å². The summed E-state index contributed by atoms with van der Waals surface area (Å²) in [5.74, 6) is 0.974. The molecule has 23 heavy (non-hydrogen) atoms. The number of hydrogen-bond donors (Lipinski definition) is 1.